The third-order valence-corrected chi connectivity index (χ3v) is 5.04. The summed E-state index contributed by atoms with van der Waals surface area (Å²) >= 11 is 1.50. The molecule has 0 radical (unpaired) electrons. The molecule has 2 aromatic rings. The van der Waals surface area contributed by atoms with Crippen molar-refractivity contribution in [3.63, 3.8) is 0 Å². The van der Waals surface area contributed by atoms with E-state index >= 15 is 0 Å². The Labute approximate surface area is 153 Å². The molecule has 1 aliphatic heterocycles. The summed E-state index contributed by atoms with van der Waals surface area (Å²) in [6.07, 6.45) is 3.62. The molecule has 0 atom stereocenters. The van der Waals surface area contributed by atoms with Crippen LogP contribution in [-0.2, 0) is 12.8 Å². The second-order valence-electron chi connectivity index (χ2n) is 5.87. The molecule has 0 aromatic carbocycles. The molecule has 1 N–H and O–H groups in total. The molecular weight excluding hydrogens is 334 g/mol. The van der Waals surface area contributed by atoms with E-state index in [4.69, 9.17) is 0 Å². The van der Waals surface area contributed by atoms with Gasteiger partial charge in [-0.05, 0) is 12.1 Å². The second-order valence-corrected chi connectivity index (χ2v) is 6.60. The summed E-state index contributed by atoms with van der Waals surface area (Å²) in [5.74, 6) is 1.90. The minimum absolute atomic E-state index is 0.833. The molecule has 0 aliphatic carbocycles. The van der Waals surface area contributed by atoms with Crippen molar-refractivity contribution in [2.75, 3.05) is 44.7 Å². The molecule has 8 heteroatoms. The number of pyridine rings is 1. The molecule has 134 valence electrons. The Morgan fingerprint density at radius 2 is 2.12 bits per heavy atom. The number of aliphatic imine (C=N–C) groups is 1. The van der Waals surface area contributed by atoms with Crippen LogP contribution in [0.4, 0.5) is 5.13 Å². The van der Waals surface area contributed by atoms with Crippen molar-refractivity contribution in [3.05, 3.63) is 35.9 Å². The highest BCUT2D eigenvalue weighted by Gasteiger charge is 2.21. The molecular formula is C17H25N7S. The first-order valence-electron chi connectivity index (χ1n) is 8.73. The lowest BCUT2D eigenvalue weighted by Crippen LogP contribution is -2.52. The van der Waals surface area contributed by atoms with Gasteiger partial charge in [-0.2, -0.15) is 4.37 Å². The molecule has 25 heavy (non-hydrogen) atoms. The van der Waals surface area contributed by atoms with Crippen molar-refractivity contribution >= 4 is 22.6 Å². The highest BCUT2D eigenvalue weighted by molar-refractivity contribution is 7.09. The van der Waals surface area contributed by atoms with E-state index in [0.29, 0.717) is 0 Å². The lowest BCUT2D eigenvalue weighted by molar-refractivity contribution is 0.372. The SMILES string of the molecule is CCc1nsc(N2CCN(C(=NC)NCCc3ccccn3)CC2)n1. The van der Waals surface area contributed by atoms with Crippen molar-refractivity contribution in [2.45, 2.75) is 19.8 Å². The summed E-state index contributed by atoms with van der Waals surface area (Å²) in [6.45, 7) is 6.68. The van der Waals surface area contributed by atoms with Gasteiger partial charge in [-0.15, -0.1) is 0 Å². The summed E-state index contributed by atoms with van der Waals surface area (Å²) in [4.78, 5) is 18.0. The Hall–Kier alpha value is -2.22. The summed E-state index contributed by atoms with van der Waals surface area (Å²) in [5, 5.41) is 4.48. The monoisotopic (exact) mass is 359 g/mol. The fourth-order valence-corrected chi connectivity index (χ4v) is 3.61. The van der Waals surface area contributed by atoms with Gasteiger partial charge in [0.2, 0.25) is 5.13 Å². The Morgan fingerprint density at radius 3 is 2.76 bits per heavy atom. The third-order valence-electron chi connectivity index (χ3n) is 4.23. The molecule has 0 amide bonds. The predicted molar refractivity (Wildman–Crippen MR) is 102 cm³/mol. The minimum atomic E-state index is 0.833. The molecule has 1 saturated heterocycles. The van der Waals surface area contributed by atoms with Crippen LogP contribution < -0.4 is 10.2 Å². The number of nitrogens with one attached hydrogen (secondary N) is 1. The zero-order chi connectivity index (χ0) is 17.5. The van der Waals surface area contributed by atoms with Gasteiger partial charge in [-0.1, -0.05) is 13.0 Å². The molecule has 1 aliphatic rings. The van der Waals surface area contributed by atoms with Gasteiger partial charge in [-0.25, -0.2) is 4.98 Å². The number of hydrogen-bond donors (Lipinski definition) is 1. The predicted octanol–water partition coefficient (Wildman–Crippen LogP) is 1.44. The van der Waals surface area contributed by atoms with Gasteiger partial charge >= 0.3 is 0 Å². The number of rotatable bonds is 5. The van der Waals surface area contributed by atoms with E-state index in [1.807, 2.05) is 25.4 Å². The van der Waals surface area contributed by atoms with Crippen molar-refractivity contribution < 1.29 is 0 Å². The van der Waals surface area contributed by atoms with Crippen molar-refractivity contribution in [2.24, 2.45) is 4.99 Å². The molecule has 0 saturated carbocycles. The van der Waals surface area contributed by atoms with Crippen LogP contribution in [0.3, 0.4) is 0 Å². The van der Waals surface area contributed by atoms with Crippen LogP contribution in [0.15, 0.2) is 29.4 Å². The van der Waals surface area contributed by atoms with Gasteiger partial charge in [0.05, 0.1) is 0 Å². The van der Waals surface area contributed by atoms with Gasteiger partial charge in [0.25, 0.3) is 0 Å². The van der Waals surface area contributed by atoms with Crippen LogP contribution in [0.5, 0.6) is 0 Å². The first-order valence-corrected chi connectivity index (χ1v) is 9.50. The van der Waals surface area contributed by atoms with Crippen LogP contribution in [0.2, 0.25) is 0 Å². The average Bonchev–Trinajstić information content (AvgIpc) is 3.16. The number of anilines is 1. The average molecular weight is 360 g/mol. The molecule has 3 heterocycles. The zero-order valence-electron chi connectivity index (χ0n) is 14.9. The van der Waals surface area contributed by atoms with Crippen molar-refractivity contribution in [1.82, 2.24) is 24.6 Å². The Balaban J connectivity index is 1.47. The Bertz CT molecular complexity index is 677. The van der Waals surface area contributed by atoms with Crippen LogP contribution in [0.1, 0.15) is 18.4 Å². The van der Waals surface area contributed by atoms with Crippen molar-refractivity contribution in [3.8, 4) is 0 Å². The lowest BCUT2D eigenvalue weighted by atomic mass is 10.3. The maximum atomic E-state index is 4.59. The van der Waals surface area contributed by atoms with E-state index < -0.39 is 0 Å². The first-order chi connectivity index (χ1) is 12.3. The van der Waals surface area contributed by atoms with Crippen LogP contribution in [0.25, 0.3) is 0 Å². The summed E-state index contributed by atoms with van der Waals surface area (Å²) in [5.41, 5.74) is 1.10. The van der Waals surface area contributed by atoms with Crippen LogP contribution in [-0.4, -0.2) is 65.0 Å². The zero-order valence-corrected chi connectivity index (χ0v) is 15.7. The quantitative estimate of drug-likeness (QED) is 0.643. The number of guanidine groups is 1. The number of aryl methyl sites for hydroxylation is 1. The Kier molecular flexibility index (Phi) is 6.16. The van der Waals surface area contributed by atoms with E-state index in [0.717, 1.165) is 68.2 Å². The van der Waals surface area contributed by atoms with E-state index in [9.17, 15) is 0 Å². The Morgan fingerprint density at radius 1 is 1.28 bits per heavy atom. The second kappa shape index (κ2) is 8.75. The van der Waals surface area contributed by atoms with E-state index in [2.05, 4.69) is 47.4 Å². The molecule has 7 nitrogen and oxygen atoms in total. The third kappa shape index (κ3) is 4.66. The normalized spacial score (nSPS) is 15.5. The molecule has 0 unspecified atom stereocenters. The molecule has 1 fully saturated rings. The molecule has 0 bridgehead atoms. The number of nitrogens with zero attached hydrogens (tertiary/aromatic N) is 6. The first kappa shape index (κ1) is 17.6. The van der Waals surface area contributed by atoms with Crippen molar-refractivity contribution in [1.29, 1.82) is 0 Å². The maximum Gasteiger partial charge on any atom is 0.205 e. The largest absolute Gasteiger partial charge is 0.356 e. The van der Waals surface area contributed by atoms with Gasteiger partial charge in [0.1, 0.15) is 5.82 Å². The van der Waals surface area contributed by atoms with E-state index in [1.54, 1.807) is 0 Å². The van der Waals surface area contributed by atoms with Gasteiger partial charge in [0.15, 0.2) is 5.96 Å². The maximum absolute atomic E-state index is 4.59. The topological polar surface area (TPSA) is 69.5 Å². The summed E-state index contributed by atoms with van der Waals surface area (Å²) in [7, 11) is 1.84. The van der Waals surface area contributed by atoms with E-state index in [-0.39, 0.29) is 0 Å². The van der Waals surface area contributed by atoms with E-state index in [1.165, 1.54) is 11.5 Å². The van der Waals surface area contributed by atoms with Gasteiger partial charge in [0, 0.05) is 76.0 Å². The molecule has 0 spiro atoms. The fraction of sp³-hybridized carbons (Fsp3) is 0.529. The molecule has 2 aromatic heterocycles. The van der Waals surface area contributed by atoms with Crippen LogP contribution >= 0.6 is 11.5 Å². The number of piperazine rings is 1. The fourth-order valence-electron chi connectivity index (χ4n) is 2.81. The van der Waals surface area contributed by atoms with Gasteiger partial charge in [-0.3, -0.25) is 9.98 Å². The molecule has 3 rings (SSSR count). The lowest BCUT2D eigenvalue weighted by Gasteiger charge is -2.36. The summed E-state index contributed by atoms with van der Waals surface area (Å²) in [6, 6.07) is 6.01. The standard InChI is InChI=1S/C17H25N7S/c1-3-15-21-17(25-22-15)24-12-10-23(11-13-24)16(18-2)20-9-7-14-6-4-5-8-19-14/h4-6,8H,3,7,9-13H2,1-2H3,(H,18,20). The smallest absolute Gasteiger partial charge is 0.205 e. The minimum Gasteiger partial charge on any atom is -0.356 e. The highest BCUT2D eigenvalue weighted by atomic mass is 32.1. The summed E-state index contributed by atoms with van der Waals surface area (Å²) < 4.78 is 4.38. The number of aromatic nitrogens is 3. The highest BCUT2D eigenvalue weighted by Crippen LogP contribution is 2.19. The van der Waals surface area contributed by atoms with Crippen LogP contribution in [0, 0.1) is 0 Å². The van der Waals surface area contributed by atoms with Gasteiger partial charge < -0.3 is 15.1 Å². The number of hydrogen-bond acceptors (Lipinski definition) is 6.